The van der Waals surface area contributed by atoms with Crippen molar-refractivity contribution in [1.29, 1.82) is 0 Å². The van der Waals surface area contributed by atoms with Gasteiger partial charge in [0.1, 0.15) is 22.1 Å². The van der Waals surface area contributed by atoms with E-state index in [1.54, 1.807) is 48.1 Å². The molecule has 0 aliphatic carbocycles. The second kappa shape index (κ2) is 9.95. The lowest BCUT2D eigenvalue weighted by Gasteiger charge is -2.10. The molecule has 194 valence electrons. The molecule has 0 atom stereocenters. The van der Waals surface area contributed by atoms with Gasteiger partial charge in [-0.05, 0) is 37.1 Å². The van der Waals surface area contributed by atoms with Crippen LogP contribution in [0.25, 0.3) is 21.3 Å². The Kier molecular flexibility index (Phi) is 6.67. The first-order chi connectivity index (χ1) is 18.1. The van der Waals surface area contributed by atoms with E-state index < -0.39 is 23.9 Å². The Morgan fingerprint density at radius 2 is 1.89 bits per heavy atom. The fourth-order valence-electron chi connectivity index (χ4n) is 4.06. The lowest BCUT2D eigenvalue weighted by molar-refractivity contribution is 0.100. The van der Waals surface area contributed by atoms with Crippen LogP contribution in [0.3, 0.4) is 0 Å². The first kappa shape index (κ1) is 25.5. The van der Waals surface area contributed by atoms with E-state index in [0.29, 0.717) is 27.2 Å². The predicted octanol–water partition coefficient (Wildman–Crippen LogP) is 5.42. The first-order valence-corrected chi connectivity index (χ1v) is 12.5. The number of anilines is 1. The third-order valence-corrected chi connectivity index (χ3v) is 7.54. The lowest BCUT2D eigenvalue weighted by atomic mass is 10.0. The number of amides is 2. The number of rotatable bonds is 7. The Bertz CT molecular complexity index is 1700. The molecule has 9 nitrogen and oxygen atoms in total. The highest BCUT2D eigenvalue weighted by Gasteiger charge is 2.25. The van der Waals surface area contributed by atoms with E-state index in [2.05, 4.69) is 20.5 Å². The molecule has 0 unspecified atom stereocenters. The first-order valence-electron chi connectivity index (χ1n) is 11.3. The number of hydrogen-bond acceptors (Lipinski definition) is 6. The molecule has 0 bridgehead atoms. The number of hydrogen-bond donors (Lipinski definition) is 2. The summed E-state index contributed by atoms with van der Waals surface area (Å²) in [7, 11) is 0. The molecule has 0 aliphatic rings. The quantitative estimate of drug-likeness (QED) is 0.278. The summed E-state index contributed by atoms with van der Waals surface area (Å²) in [5, 5.41) is 12.3. The molecule has 0 radical (unpaired) electrons. The number of fused-ring (bicyclic) bond motifs is 1. The number of aryl methyl sites for hydroxylation is 1. The zero-order chi connectivity index (χ0) is 27.1. The van der Waals surface area contributed by atoms with E-state index in [9.17, 15) is 18.4 Å². The summed E-state index contributed by atoms with van der Waals surface area (Å²) in [5.41, 5.74) is 7.73. The Hall–Kier alpha value is -4.16. The van der Waals surface area contributed by atoms with Crippen LogP contribution in [-0.2, 0) is 6.67 Å². The van der Waals surface area contributed by atoms with E-state index >= 15 is 0 Å². The van der Waals surface area contributed by atoms with Crippen molar-refractivity contribution in [1.82, 2.24) is 24.5 Å². The highest BCUT2D eigenvalue weighted by atomic mass is 35.5. The van der Waals surface area contributed by atoms with Gasteiger partial charge in [-0.3, -0.25) is 14.3 Å². The summed E-state index contributed by atoms with van der Waals surface area (Å²) >= 11 is 7.05. The SMILES string of the molecule is Cc1nn(Cn2ccc(C(=O)Nc3c(C(N)=O)sc4nc(C(F)F)cc(-c5ccccc5)c34)n2)c(C)c1Cl. The molecular formula is C25H20ClF2N7O2S. The maximum Gasteiger partial charge on any atom is 0.280 e. The van der Waals surface area contributed by atoms with Crippen molar-refractivity contribution in [3.05, 3.63) is 81.3 Å². The van der Waals surface area contributed by atoms with Crippen molar-refractivity contribution < 1.29 is 18.4 Å². The van der Waals surface area contributed by atoms with Gasteiger partial charge in [0.2, 0.25) is 0 Å². The second-order valence-electron chi connectivity index (χ2n) is 8.43. The molecule has 4 aromatic heterocycles. The fraction of sp³-hybridized carbons (Fsp3) is 0.160. The summed E-state index contributed by atoms with van der Waals surface area (Å²) in [6.07, 6.45) is -1.23. The number of nitrogens with zero attached hydrogens (tertiary/aromatic N) is 5. The van der Waals surface area contributed by atoms with E-state index in [4.69, 9.17) is 17.3 Å². The van der Waals surface area contributed by atoms with Crippen LogP contribution in [0.15, 0.2) is 48.7 Å². The molecular weight excluding hydrogens is 536 g/mol. The molecule has 0 fully saturated rings. The third-order valence-electron chi connectivity index (χ3n) is 5.90. The molecule has 4 heterocycles. The van der Waals surface area contributed by atoms with E-state index in [0.717, 1.165) is 17.0 Å². The Labute approximate surface area is 223 Å². The number of nitrogens with two attached hydrogens (primary N) is 1. The standard InChI is InChI=1S/C25H20ClF2N7O2S/c1-12-19(26)13(2)35(32-12)11-34-9-8-16(33-34)24(37)31-20-18-15(14-6-4-3-5-7-14)10-17(22(27)28)30-25(18)38-21(20)23(29)36/h3-10,22H,11H2,1-2H3,(H2,29,36)(H,31,37). The molecule has 13 heteroatoms. The lowest BCUT2D eigenvalue weighted by Crippen LogP contribution is -2.18. The van der Waals surface area contributed by atoms with Crippen molar-refractivity contribution in [3.8, 4) is 11.1 Å². The minimum atomic E-state index is -2.83. The minimum absolute atomic E-state index is 0.0128. The minimum Gasteiger partial charge on any atom is -0.365 e. The average Bonchev–Trinajstić information content (AvgIpc) is 3.58. The van der Waals surface area contributed by atoms with Crippen LogP contribution in [0.4, 0.5) is 14.5 Å². The zero-order valence-electron chi connectivity index (χ0n) is 20.1. The number of carbonyl (C=O) groups is 2. The summed E-state index contributed by atoms with van der Waals surface area (Å²) in [6, 6.07) is 11.5. The molecule has 0 spiro atoms. The van der Waals surface area contributed by atoms with Crippen molar-refractivity contribution in [2.45, 2.75) is 26.9 Å². The molecule has 2 amide bonds. The van der Waals surface area contributed by atoms with Gasteiger partial charge < -0.3 is 11.1 Å². The topological polar surface area (TPSA) is 121 Å². The Morgan fingerprint density at radius 3 is 2.53 bits per heavy atom. The maximum absolute atomic E-state index is 13.7. The fourth-order valence-corrected chi connectivity index (χ4v) is 5.21. The molecule has 5 rings (SSSR count). The molecule has 1 aromatic carbocycles. The average molecular weight is 556 g/mol. The van der Waals surface area contributed by atoms with Gasteiger partial charge in [0, 0.05) is 11.6 Å². The van der Waals surface area contributed by atoms with Gasteiger partial charge in [-0.15, -0.1) is 11.3 Å². The normalized spacial score (nSPS) is 11.4. The summed E-state index contributed by atoms with van der Waals surface area (Å²) in [4.78, 5) is 29.7. The molecule has 0 aliphatic heterocycles. The second-order valence-corrected chi connectivity index (χ2v) is 9.81. The van der Waals surface area contributed by atoms with Crippen LogP contribution < -0.4 is 11.1 Å². The van der Waals surface area contributed by atoms with E-state index in [1.165, 1.54) is 16.8 Å². The van der Waals surface area contributed by atoms with Gasteiger partial charge in [-0.2, -0.15) is 10.2 Å². The van der Waals surface area contributed by atoms with Gasteiger partial charge >= 0.3 is 0 Å². The van der Waals surface area contributed by atoms with Crippen molar-refractivity contribution in [2.24, 2.45) is 5.73 Å². The van der Waals surface area contributed by atoms with Gasteiger partial charge in [-0.1, -0.05) is 41.9 Å². The van der Waals surface area contributed by atoms with Crippen LogP contribution in [0.1, 0.15) is 43.7 Å². The van der Waals surface area contributed by atoms with Crippen LogP contribution in [0.2, 0.25) is 5.02 Å². The van der Waals surface area contributed by atoms with Crippen LogP contribution in [0.5, 0.6) is 0 Å². The van der Waals surface area contributed by atoms with Gasteiger partial charge in [0.25, 0.3) is 18.2 Å². The van der Waals surface area contributed by atoms with E-state index in [-0.39, 0.29) is 27.8 Å². The number of primary amides is 1. The summed E-state index contributed by atoms with van der Waals surface area (Å²) in [6.45, 7) is 3.83. The van der Waals surface area contributed by atoms with E-state index in [1.807, 2.05) is 6.92 Å². The summed E-state index contributed by atoms with van der Waals surface area (Å²) in [5.74, 6) is -1.44. The predicted molar refractivity (Wildman–Crippen MR) is 141 cm³/mol. The summed E-state index contributed by atoms with van der Waals surface area (Å²) < 4.78 is 30.5. The largest absolute Gasteiger partial charge is 0.365 e. The number of thiophene rings is 1. The Balaban J connectivity index is 1.55. The van der Waals surface area contributed by atoms with Crippen LogP contribution in [0, 0.1) is 13.8 Å². The maximum atomic E-state index is 13.7. The van der Waals surface area contributed by atoms with Crippen molar-refractivity contribution in [2.75, 3.05) is 5.32 Å². The van der Waals surface area contributed by atoms with Crippen molar-refractivity contribution in [3.63, 3.8) is 0 Å². The smallest absolute Gasteiger partial charge is 0.280 e. The van der Waals surface area contributed by atoms with Gasteiger partial charge in [0.05, 0.1) is 22.1 Å². The molecule has 3 N–H and O–H groups in total. The van der Waals surface area contributed by atoms with Crippen LogP contribution in [-0.4, -0.2) is 36.4 Å². The zero-order valence-corrected chi connectivity index (χ0v) is 21.6. The van der Waals surface area contributed by atoms with Crippen molar-refractivity contribution >= 4 is 50.7 Å². The number of carbonyl (C=O) groups excluding carboxylic acids is 2. The highest BCUT2D eigenvalue weighted by Crippen LogP contribution is 2.42. The number of benzene rings is 1. The van der Waals surface area contributed by atoms with Gasteiger partial charge in [-0.25, -0.2) is 18.4 Å². The number of alkyl halides is 2. The van der Waals surface area contributed by atoms with Crippen LogP contribution >= 0.6 is 22.9 Å². The number of aromatic nitrogens is 5. The Morgan fingerprint density at radius 1 is 1.16 bits per heavy atom. The van der Waals surface area contributed by atoms with Gasteiger partial charge in [0.15, 0.2) is 5.69 Å². The number of halogens is 3. The highest BCUT2D eigenvalue weighted by molar-refractivity contribution is 7.21. The molecule has 5 aromatic rings. The number of nitrogens with one attached hydrogen (secondary N) is 1. The molecule has 38 heavy (non-hydrogen) atoms. The molecule has 0 saturated heterocycles. The number of pyridine rings is 1. The monoisotopic (exact) mass is 555 g/mol. The third kappa shape index (κ3) is 4.63. The molecule has 0 saturated carbocycles.